The van der Waals surface area contributed by atoms with Gasteiger partial charge in [-0.25, -0.2) is 4.98 Å². The second kappa shape index (κ2) is 12.7. The molecule has 4 rings (SSSR count). The van der Waals surface area contributed by atoms with Crippen LogP contribution < -0.4 is 4.90 Å². The van der Waals surface area contributed by atoms with E-state index in [0.29, 0.717) is 31.1 Å². The number of carbonyl (C=O) groups excluding carboxylic acids is 2. The van der Waals surface area contributed by atoms with Gasteiger partial charge in [0.05, 0.1) is 6.33 Å². The molecule has 0 atom stereocenters. The van der Waals surface area contributed by atoms with Gasteiger partial charge in [-0.2, -0.15) is 0 Å². The van der Waals surface area contributed by atoms with E-state index >= 15 is 0 Å². The van der Waals surface area contributed by atoms with Gasteiger partial charge in [0.25, 0.3) is 0 Å². The van der Waals surface area contributed by atoms with Gasteiger partial charge < -0.3 is 14.4 Å². The summed E-state index contributed by atoms with van der Waals surface area (Å²) in [5, 5.41) is 0.602. The average molecular weight is 508 g/mol. The van der Waals surface area contributed by atoms with Gasteiger partial charge in [-0.05, 0) is 42.2 Å². The zero-order valence-electron chi connectivity index (χ0n) is 20.9. The van der Waals surface area contributed by atoms with Crippen molar-refractivity contribution >= 4 is 29.1 Å². The lowest BCUT2D eigenvalue weighted by Crippen LogP contribution is -2.38. The number of halogens is 1. The molecule has 0 bridgehead atoms. The second-order valence-corrected chi connectivity index (χ2v) is 9.71. The monoisotopic (exact) mass is 507 g/mol. The number of nitrogens with zero attached hydrogens (tertiary/aromatic N) is 5. The Morgan fingerprint density at radius 1 is 1.03 bits per heavy atom. The standard InChI is InChI=1S/C28H34ClN5O2/c1-23(35)34-15-6-14-31(20-24-7-3-2-4-8-24)17-18-33(21-25-19-26(29)10-11-27(25)34)28(36)9-5-13-32-16-12-30-22-32/h2-4,7-8,10-12,16,19,22H,5-6,9,13-15,17-18,20-21H2,1H3. The molecule has 0 saturated heterocycles. The van der Waals surface area contributed by atoms with Crippen LogP contribution in [0.25, 0.3) is 0 Å². The molecule has 0 saturated carbocycles. The van der Waals surface area contributed by atoms with Gasteiger partial charge in [-0.15, -0.1) is 0 Å². The summed E-state index contributed by atoms with van der Waals surface area (Å²) in [6.45, 7) is 6.41. The maximum Gasteiger partial charge on any atom is 0.223 e. The summed E-state index contributed by atoms with van der Waals surface area (Å²) < 4.78 is 1.99. The lowest BCUT2D eigenvalue weighted by atomic mass is 10.1. The van der Waals surface area contributed by atoms with E-state index in [9.17, 15) is 9.59 Å². The van der Waals surface area contributed by atoms with Crippen LogP contribution in [0, 0.1) is 0 Å². The summed E-state index contributed by atoms with van der Waals surface area (Å²) >= 11 is 6.36. The number of aryl methyl sites for hydroxylation is 1. The summed E-state index contributed by atoms with van der Waals surface area (Å²) in [6, 6.07) is 16.0. The highest BCUT2D eigenvalue weighted by atomic mass is 35.5. The topological polar surface area (TPSA) is 61.7 Å². The molecule has 2 amide bonds. The van der Waals surface area contributed by atoms with Crippen molar-refractivity contribution < 1.29 is 9.59 Å². The number of anilines is 1. The fourth-order valence-electron chi connectivity index (χ4n) is 4.71. The van der Waals surface area contributed by atoms with Crippen LogP contribution in [0.15, 0.2) is 67.3 Å². The van der Waals surface area contributed by atoms with E-state index in [-0.39, 0.29) is 11.8 Å². The van der Waals surface area contributed by atoms with E-state index in [1.165, 1.54) is 5.56 Å². The number of benzene rings is 2. The number of hydrogen-bond acceptors (Lipinski definition) is 4. The van der Waals surface area contributed by atoms with Gasteiger partial charge in [0, 0.05) is 82.3 Å². The number of aromatic nitrogens is 2. The van der Waals surface area contributed by atoms with Crippen LogP contribution in [0.5, 0.6) is 0 Å². The maximum atomic E-state index is 13.4. The Morgan fingerprint density at radius 2 is 1.86 bits per heavy atom. The molecule has 1 aromatic heterocycles. The Balaban J connectivity index is 1.56. The summed E-state index contributed by atoms with van der Waals surface area (Å²) in [4.78, 5) is 36.2. The number of hydrogen-bond donors (Lipinski definition) is 0. The van der Waals surface area contributed by atoms with Crippen molar-refractivity contribution in [3.8, 4) is 0 Å². The normalized spacial score (nSPS) is 15.3. The van der Waals surface area contributed by atoms with Gasteiger partial charge >= 0.3 is 0 Å². The Kier molecular flexibility index (Phi) is 9.14. The number of fused-ring (bicyclic) bond motifs is 1. The third-order valence-electron chi connectivity index (χ3n) is 6.58. The first-order valence-electron chi connectivity index (χ1n) is 12.6. The van der Waals surface area contributed by atoms with Crippen molar-refractivity contribution in [2.75, 3.05) is 31.1 Å². The molecule has 0 fully saturated rings. The van der Waals surface area contributed by atoms with Crippen LogP contribution in [0.1, 0.15) is 37.3 Å². The van der Waals surface area contributed by atoms with Crippen LogP contribution in [0.2, 0.25) is 5.02 Å². The van der Waals surface area contributed by atoms with Gasteiger partial charge in [0.1, 0.15) is 0 Å². The third-order valence-corrected chi connectivity index (χ3v) is 6.82. The highest BCUT2D eigenvalue weighted by molar-refractivity contribution is 6.30. The van der Waals surface area contributed by atoms with Crippen LogP contribution >= 0.6 is 11.6 Å². The second-order valence-electron chi connectivity index (χ2n) is 9.28. The van der Waals surface area contributed by atoms with Crippen molar-refractivity contribution in [3.05, 3.63) is 83.4 Å². The molecule has 7 nitrogen and oxygen atoms in total. The zero-order valence-corrected chi connectivity index (χ0v) is 21.6. The van der Waals surface area contributed by atoms with E-state index in [1.807, 2.05) is 44.8 Å². The van der Waals surface area contributed by atoms with E-state index in [4.69, 9.17) is 11.6 Å². The van der Waals surface area contributed by atoms with Crippen molar-refractivity contribution in [1.29, 1.82) is 0 Å². The average Bonchev–Trinajstić information content (AvgIpc) is 3.37. The third kappa shape index (κ3) is 7.18. The molecule has 2 heterocycles. The fourth-order valence-corrected chi connectivity index (χ4v) is 4.90. The minimum Gasteiger partial charge on any atom is -0.337 e. The number of imidazole rings is 1. The summed E-state index contributed by atoms with van der Waals surface area (Å²) in [5.74, 6) is 0.0972. The maximum absolute atomic E-state index is 13.4. The largest absolute Gasteiger partial charge is 0.337 e. The molecular weight excluding hydrogens is 474 g/mol. The molecule has 8 heteroatoms. The quantitative estimate of drug-likeness (QED) is 0.489. The van der Waals surface area contributed by atoms with E-state index in [2.05, 4.69) is 34.1 Å². The lowest BCUT2D eigenvalue weighted by molar-refractivity contribution is -0.132. The van der Waals surface area contributed by atoms with Gasteiger partial charge in [0.2, 0.25) is 11.8 Å². The van der Waals surface area contributed by atoms with Crippen LogP contribution in [-0.4, -0.2) is 57.3 Å². The predicted octanol–water partition coefficient (Wildman–Crippen LogP) is 4.60. The molecule has 1 aliphatic heterocycles. The van der Waals surface area contributed by atoms with Gasteiger partial charge in [-0.3, -0.25) is 14.5 Å². The molecule has 3 aromatic rings. The molecule has 0 radical (unpaired) electrons. The summed E-state index contributed by atoms with van der Waals surface area (Å²) in [7, 11) is 0. The Bertz CT molecular complexity index is 1140. The van der Waals surface area contributed by atoms with Crippen LogP contribution in [0.3, 0.4) is 0 Å². The van der Waals surface area contributed by atoms with Crippen molar-refractivity contribution in [1.82, 2.24) is 19.4 Å². The summed E-state index contributed by atoms with van der Waals surface area (Å²) in [5.41, 5.74) is 2.97. The Labute approximate surface area is 218 Å². The van der Waals surface area contributed by atoms with Gasteiger partial charge in [-0.1, -0.05) is 41.9 Å². The molecule has 0 unspecified atom stereocenters. The number of rotatable bonds is 6. The van der Waals surface area contributed by atoms with E-state index in [1.54, 1.807) is 19.4 Å². The molecule has 2 aromatic carbocycles. The minimum absolute atomic E-state index is 0.00867. The smallest absolute Gasteiger partial charge is 0.223 e. The number of carbonyl (C=O) groups is 2. The predicted molar refractivity (Wildman–Crippen MR) is 143 cm³/mol. The number of amides is 2. The van der Waals surface area contributed by atoms with E-state index in [0.717, 1.165) is 50.3 Å². The Hall–Kier alpha value is -3.16. The highest BCUT2D eigenvalue weighted by Crippen LogP contribution is 2.27. The first-order valence-corrected chi connectivity index (χ1v) is 12.9. The lowest BCUT2D eigenvalue weighted by Gasteiger charge is -2.28. The molecule has 1 aliphatic rings. The van der Waals surface area contributed by atoms with Crippen LogP contribution in [0.4, 0.5) is 5.69 Å². The molecule has 190 valence electrons. The molecule has 36 heavy (non-hydrogen) atoms. The molecular formula is C28H34ClN5O2. The molecule has 0 aliphatic carbocycles. The van der Waals surface area contributed by atoms with E-state index < -0.39 is 0 Å². The first-order chi connectivity index (χ1) is 17.5. The van der Waals surface area contributed by atoms with Gasteiger partial charge in [0.15, 0.2) is 0 Å². The van der Waals surface area contributed by atoms with Crippen LogP contribution in [-0.2, 0) is 29.2 Å². The highest BCUT2D eigenvalue weighted by Gasteiger charge is 2.22. The zero-order chi connectivity index (χ0) is 25.3. The first kappa shape index (κ1) is 25.9. The fraction of sp³-hybridized carbons (Fsp3) is 0.393. The van der Waals surface area contributed by atoms with Crippen molar-refractivity contribution in [3.63, 3.8) is 0 Å². The SMILES string of the molecule is CC(=O)N1CCCN(Cc2ccccc2)CCN(C(=O)CCCn2ccnc2)Cc2cc(Cl)ccc21. The Morgan fingerprint density at radius 3 is 2.61 bits per heavy atom. The van der Waals surface area contributed by atoms with Crippen molar-refractivity contribution in [2.45, 2.75) is 45.8 Å². The van der Waals surface area contributed by atoms with Crippen molar-refractivity contribution in [2.24, 2.45) is 0 Å². The molecule has 0 N–H and O–H groups in total. The summed E-state index contributed by atoms with van der Waals surface area (Å²) in [6.07, 6.45) is 7.46. The molecule has 0 spiro atoms. The minimum atomic E-state index is -0.00867.